The molecule has 3 heteroatoms. The third-order valence-corrected chi connectivity index (χ3v) is 8.54. The summed E-state index contributed by atoms with van der Waals surface area (Å²) in [6.45, 7) is 0. The Balaban J connectivity index is 1.37. The average molecular weight is 514 g/mol. The van der Waals surface area contributed by atoms with Crippen LogP contribution in [0.4, 0.5) is 11.4 Å². The van der Waals surface area contributed by atoms with Gasteiger partial charge in [0.25, 0.3) is 0 Å². The van der Waals surface area contributed by atoms with Crippen molar-refractivity contribution in [2.24, 2.45) is 0 Å². The Morgan fingerprint density at radius 3 is 1.90 bits per heavy atom. The summed E-state index contributed by atoms with van der Waals surface area (Å²) in [5.74, 6) is 1.77. The van der Waals surface area contributed by atoms with Gasteiger partial charge < -0.3 is 14.5 Å². The van der Waals surface area contributed by atoms with E-state index in [1.54, 1.807) is 0 Å². The molecule has 3 nitrogen and oxygen atoms in total. The number of para-hydroxylation sites is 4. The topological polar surface area (TPSA) is 34.4 Å². The van der Waals surface area contributed by atoms with Crippen molar-refractivity contribution in [3.05, 3.63) is 156 Å². The number of fused-ring (bicyclic) bond motifs is 12. The van der Waals surface area contributed by atoms with Crippen LogP contribution >= 0.6 is 0 Å². The Kier molecular flexibility index (Phi) is 4.26. The summed E-state index contributed by atoms with van der Waals surface area (Å²) >= 11 is 0. The fourth-order valence-electron chi connectivity index (χ4n) is 7.01. The van der Waals surface area contributed by atoms with E-state index in [9.17, 15) is 0 Å². The van der Waals surface area contributed by atoms with Gasteiger partial charge in [0, 0.05) is 33.2 Å². The third-order valence-electron chi connectivity index (χ3n) is 8.54. The summed E-state index contributed by atoms with van der Waals surface area (Å²) in [4.78, 5) is 0. The van der Waals surface area contributed by atoms with E-state index in [4.69, 9.17) is 9.15 Å². The minimum Gasteiger partial charge on any atom is -0.457 e. The molecule has 2 heterocycles. The number of rotatable bonds is 2. The molecule has 0 bridgehead atoms. The summed E-state index contributed by atoms with van der Waals surface area (Å²) in [6.07, 6.45) is 0. The van der Waals surface area contributed by atoms with Crippen molar-refractivity contribution in [2.75, 3.05) is 5.32 Å². The third kappa shape index (κ3) is 2.69. The van der Waals surface area contributed by atoms with Gasteiger partial charge in [0.1, 0.15) is 17.1 Å². The van der Waals surface area contributed by atoms with Gasteiger partial charge in [-0.2, -0.15) is 0 Å². The van der Waals surface area contributed by atoms with Gasteiger partial charge in [0.2, 0.25) is 0 Å². The lowest BCUT2D eigenvalue weighted by Gasteiger charge is -2.40. The first-order valence-corrected chi connectivity index (χ1v) is 13.6. The molecule has 1 spiro atoms. The first kappa shape index (κ1) is 21.6. The van der Waals surface area contributed by atoms with Gasteiger partial charge in [0.05, 0.1) is 11.1 Å². The maximum atomic E-state index is 6.51. The Labute approximate surface area is 231 Å². The van der Waals surface area contributed by atoms with Gasteiger partial charge in [-0.15, -0.1) is 0 Å². The molecule has 7 aromatic rings. The average Bonchev–Trinajstić information content (AvgIpc) is 3.53. The molecule has 0 amide bonds. The maximum absolute atomic E-state index is 6.51. The zero-order valence-corrected chi connectivity index (χ0v) is 21.5. The minimum atomic E-state index is -0.539. The Morgan fingerprint density at radius 1 is 0.475 bits per heavy atom. The van der Waals surface area contributed by atoms with Crippen molar-refractivity contribution in [2.45, 2.75) is 5.41 Å². The van der Waals surface area contributed by atoms with Crippen LogP contribution in [-0.2, 0) is 5.41 Å². The molecule has 0 unspecified atom stereocenters. The van der Waals surface area contributed by atoms with Crippen LogP contribution in [0.1, 0.15) is 22.3 Å². The van der Waals surface area contributed by atoms with Crippen LogP contribution < -0.4 is 10.1 Å². The normalized spacial score (nSPS) is 13.9. The van der Waals surface area contributed by atoms with Gasteiger partial charge >= 0.3 is 0 Å². The van der Waals surface area contributed by atoms with Gasteiger partial charge in [-0.3, -0.25) is 0 Å². The molecule has 9 rings (SSSR count). The highest BCUT2D eigenvalue weighted by Gasteiger charge is 2.52. The highest BCUT2D eigenvalue weighted by atomic mass is 16.5. The van der Waals surface area contributed by atoms with Crippen molar-refractivity contribution < 1.29 is 9.15 Å². The second-order valence-corrected chi connectivity index (χ2v) is 10.5. The smallest absolute Gasteiger partial charge is 0.158 e. The van der Waals surface area contributed by atoms with Crippen LogP contribution in [0, 0.1) is 0 Å². The molecule has 0 radical (unpaired) electrons. The minimum absolute atomic E-state index is 0.539. The second kappa shape index (κ2) is 7.87. The predicted octanol–water partition coefficient (Wildman–Crippen LogP) is 9.80. The monoisotopic (exact) mass is 513 g/mol. The first-order valence-electron chi connectivity index (χ1n) is 13.6. The van der Waals surface area contributed by atoms with Crippen LogP contribution in [0.15, 0.2) is 138 Å². The number of hydrogen-bond acceptors (Lipinski definition) is 3. The van der Waals surface area contributed by atoms with E-state index >= 15 is 0 Å². The molecular formula is C37H23NO2. The van der Waals surface area contributed by atoms with Gasteiger partial charge in [-0.05, 0) is 47.0 Å². The molecule has 0 atom stereocenters. The van der Waals surface area contributed by atoms with E-state index in [1.807, 2.05) is 12.1 Å². The fourth-order valence-corrected chi connectivity index (χ4v) is 7.01. The van der Waals surface area contributed by atoms with E-state index in [2.05, 4.69) is 127 Å². The van der Waals surface area contributed by atoms with E-state index in [0.29, 0.717) is 0 Å². The number of nitrogens with one attached hydrogen (secondary N) is 1. The lowest BCUT2D eigenvalue weighted by Crippen LogP contribution is -2.32. The lowest BCUT2D eigenvalue weighted by molar-refractivity contribution is 0.436. The maximum Gasteiger partial charge on any atom is 0.158 e. The Bertz CT molecular complexity index is 2090. The fraction of sp³-hybridized carbons (Fsp3) is 0.0270. The quantitative estimate of drug-likeness (QED) is 0.250. The van der Waals surface area contributed by atoms with Gasteiger partial charge in [-0.25, -0.2) is 0 Å². The Morgan fingerprint density at radius 2 is 1.07 bits per heavy atom. The Hall–Kier alpha value is -5.28. The van der Waals surface area contributed by atoms with E-state index in [0.717, 1.165) is 55.9 Å². The van der Waals surface area contributed by atoms with E-state index in [1.165, 1.54) is 22.3 Å². The molecule has 0 saturated carbocycles. The van der Waals surface area contributed by atoms with Crippen LogP contribution in [0.2, 0.25) is 0 Å². The number of anilines is 2. The molecule has 1 N–H and O–H groups in total. The molecule has 1 aromatic heterocycles. The molecule has 1 aliphatic carbocycles. The van der Waals surface area contributed by atoms with Crippen molar-refractivity contribution in [1.82, 2.24) is 0 Å². The first-order chi connectivity index (χ1) is 19.8. The van der Waals surface area contributed by atoms with Crippen molar-refractivity contribution in [3.8, 4) is 22.6 Å². The highest BCUT2D eigenvalue weighted by Crippen LogP contribution is 2.63. The molecule has 0 saturated heterocycles. The molecule has 40 heavy (non-hydrogen) atoms. The van der Waals surface area contributed by atoms with Crippen LogP contribution in [0.25, 0.3) is 33.1 Å². The van der Waals surface area contributed by atoms with Crippen molar-refractivity contribution in [1.29, 1.82) is 0 Å². The number of furan rings is 1. The molecule has 1 aliphatic heterocycles. The van der Waals surface area contributed by atoms with Gasteiger partial charge in [-0.1, -0.05) is 103 Å². The van der Waals surface area contributed by atoms with Crippen LogP contribution in [0.3, 0.4) is 0 Å². The zero-order valence-electron chi connectivity index (χ0n) is 21.5. The SMILES string of the molecule is c1ccc2c(c1)Oc1ccccc1C21c2ccccc2-c2cccc(Nc3cccc4c3oc3ccccc34)c21. The highest BCUT2D eigenvalue weighted by molar-refractivity contribution is 6.09. The van der Waals surface area contributed by atoms with Gasteiger partial charge in [0.15, 0.2) is 5.58 Å². The van der Waals surface area contributed by atoms with Crippen LogP contribution in [0.5, 0.6) is 11.5 Å². The summed E-state index contributed by atoms with van der Waals surface area (Å²) < 4.78 is 12.9. The van der Waals surface area contributed by atoms with Crippen LogP contribution in [-0.4, -0.2) is 0 Å². The van der Waals surface area contributed by atoms with Crippen molar-refractivity contribution in [3.63, 3.8) is 0 Å². The van der Waals surface area contributed by atoms with Crippen molar-refractivity contribution >= 4 is 33.3 Å². The molecule has 2 aliphatic rings. The zero-order chi connectivity index (χ0) is 26.3. The molecule has 0 fully saturated rings. The summed E-state index contributed by atoms with van der Waals surface area (Å²) in [7, 11) is 0. The second-order valence-electron chi connectivity index (χ2n) is 10.5. The molecule has 6 aromatic carbocycles. The molecule has 188 valence electrons. The summed E-state index contributed by atoms with van der Waals surface area (Å²) in [5, 5.41) is 6.07. The standard InChI is InChI=1S/C37H23NO2/c1-3-15-27-23(11-1)25-13-9-18-30(38-31-19-10-14-26-24-12-2-6-20-32(24)40-36(26)31)35(25)37(27)28-16-4-7-21-33(28)39-34-22-8-5-17-29(34)37/h1-22,38H. The lowest BCUT2D eigenvalue weighted by atomic mass is 9.65. The van der Waals surface area contributed by atoms with E-state index < -0.39 is 5.41 Å². The summed E-state index contributed by atoms with van der Waals surface area (Å²) in [6, 6.07) is 46.9. The molecular weight excluding hydrogens is 490 g/mol. The largest absolute Gasteiger partial charge is 0.457 e. The van der Waals surface area contributed by atoms with E-state index in [-0.39, 0.29) is 0 Å². The number of benzene rings is 6. The summed E-state index contributed by atoms with van der Waals surface area (Å²) in [5.41, 5.74) is 10.5. The number of ether oxygens (including phenoxy) is 1. The number of hydrogen-bond donors (Lipinski definition) is 1. The predicted molar refractivity (Wildman–Crippen MR) is 161 cm³/mol.